The molecule has 12 heteroatoms. The Hall–Kier alpha value is -4.22. The highest BCUT2D eigenvalue weighted by Gasteiger charge is 2.40. The first-order valence-electron chi connectivity index (χ1n) is 10.4. The van der Waals surface area contributed by atoms with Crippen LogP contribution in [0.5, 0.6) is 0 Å². The van der Waals surface area contributed by atoms with Crippen LogP contribution in [0.4, 0.5) is 0 Å². The molecule has 0 spiro atoms. The maximum atomic E-state index is 11.6. The zero-order valence-corrected chi connectivity index (χ0v) is 20.7. The van der Waals surface area contributed by atoms with Gasteiger partial charge in [-0.2, -0.15) is 0 Å². The molecular formula is C24H28O12. The van der Waals surface area contributed by atoms with E-state index in [4.69, 9.17) is 0 Å². The molecule has 0 heterocycles. The summed E-state index contributed by atoms with van der Waals surface area (Å²) < 4.78 is 27.5. The van der Waals surface area contributed by atoms with Crippen LogP contribution in [0.25, 0.3) is 0 Å². The first-order chi connectivity index (χ1) is 17.1. The molecular weight excluding hydrogens is 480 g/mol. The average molecular weight is 508 g/mol. The molecule has 0 saturated heterocycles. The van der Waals surface area contributed by atoms with Crippen molar-refractivity contribution in [3.8, 4) is 0 Å². The summed E-state index contributed by atoms with van der Waals surface area (Å²) in [5.74, 6) is -5.53. The molecule has 0 N–H and O–H groups in total. The van der Waals surface area contributed by atoms with Gasteiger partial charge in [0.25, 0.3) is 0 Å². The number of rotatable bonds is 6. The molecule has 0 radical (unpaired) electrons. The number of hydrogen-bond acceptors (Lipinski definition) is 12. The molecule has 0 fully saturated rings. The Balaban J connectivity index is 0.000000360. The summed E-state index contributed by atoms with van der Waals surface area (Å²) >= 11 is 0. The summed E-state index contributed by atoms with van der Waals surface area (Å²) in [5, 5.41) is 0. The van der Waals surface area contributed by atoms with Crippen molar-refractivity contribution in [3.05, 3.63) is 47.0 Å². The van der Waals surface area contributed by atoms with E-state index in [0.717, 1.165) is 0 Å². The largest absolute Gasteiger partial charge is 0.469 e. The maximum absolute atomic E-state index is 11.6. The molecule has 2 rings (SSSR count). The van der Waals surface area contributed by atoms with Crippen LogP contribution in [0.15, 0.2) is 30.4 Å². The molecule has 1 aromatic rings. The number of hydrogen-bond donors (Lipinski definition) is 0. The fraction of sp³-hybridized carbons (Fsp3) is 0.417. The number of methoxy groups -OCH3 is 6. The summed E-state index contributed by atoms with van der Waals surface area (Å²) in [5.41, 5.74) is 0.120. The molecule has 0 amide bonds. The smallest absolute Gasteiger partial charge is 0.338 e. The Morgan fingerprint density at radius 3 is 1.64 bits per heavy atom. The van der Waals surface area contributed by atoms with Crippen LogP contribution in [-0.4, -0.2) is 78.5 Å². The Bertz CT molecular complexity index is 1030. The maximum Gasteiger partial charge on any atom is 0.338 e. The van der Waals surface area contributed by atoms with Crippen molar-refractivity contribution in [1.82, 2.24) is 0 Å². The van der Waals surface area contributed by atoms with Crippen molar-refractivity contribution in [3.63, 3.8) is 0 Å². The minimum atomic E-state index is -0.735. The molecule has 36 heavy (non-hydrogen) atoms. The summed E-state index contributed by atoms with van der Waals surface area (Å²) in [6.07, 6.45) is 3.24. The summed E-state index contributed by atoms with van der Waals surface area (Å²) in [7, 11) is 7.34. The van der Waals surface area contributed by atoms with Gasteiger partial charge in [0.2, 0.25) is 0 Å². The second kappa shape index (κ2) is 14.2. The molecule has 0 bridgehead atoms. The standard InChI is InChI=1S/C12H16O6.C12H12O6/c2*1-16-10(13)7-4-5-8(11(14)17-2)9(6-7)12(15)18-3/h4-5,7-9H,6H2,1-3H3;4-6H,1-3H3. The fourth-order valence-electron chi connectivity index (χ4n) is 3.34. The fourth-order valence-corrected chi connectivity index (χ4v) is 3.34. The van der Waals surface area contributed by atoms with E-state index >= 15 is 0 Å². The predicted molar refractivity (Wildman–Crippen MR) is 121 cm³/mol. The van der Waals surface area contributed by atoms with E-state index in [1.54, 1.807) is 6.08 Å². The van der Waals surface area contributed by atoms with Crippen LogP contribution >= 0.6 is 0 Å². The van der Waals surface area contributed by atoms with Gasteiger partial charge >= 0.3 is 35.8 Å². The number of ether oxygens (including phenoxy) is 6. The molecule has 3 unspecified atom stereocenters. The van der Waals surface area contributed by atoms with Gasteiger partial charge in [0.15, 0.2) is 0 Å². The molecule has 196 valence electrons. The van der Waals surface area contributed by atoms with Crippen LogP contribution in [-0.2, 0) is 42.8 Å². The molecule has 0 saturated carbocycles. The topological polar surface area (TPSA) is 158 Å². The number of carbonyl (C=O) groups excluding carboxylic acids is 6. The van der Waals surface area contributed by atoms with Gasteiger partial charge in [0.05, 0.1) is 77.1 Å². The van der Waals surface area contributed by atoms with Crippen molar-refractivity contribution in [1.29, 1.82) is 0 Å². The van der Waals surface area contributed by atoms with E-state index in [1.165, 1.54) is 66.9 Å². The molecule has 0 aromatic heterocycles. The van der Waals surface area contributed by atoms with Gasteiger partial charge in [-0.3, -0.25) is 14.4 Å². The van der Waals surface area contributed by atoms with Crippen LogP contribution in [0, 0.1) is 17.8 Å². The zero-order valence-electron chi connectivity index (χ0n) is 20.7. The lowest BCUT2D eigenvalue weighted by Crippen LogP contribution is -2.36. The van der Waals surface area contributed by atoms with Crippen LogP contribution in [0.3, 0.4) is 0 Å². The SMILES string of the molecule is COC(=O)C1C=CC(C(=O)OC)C(C(=O)OC)C1.COC(=O)c1ccc(C(=O)OC)c(C(=O)OC)c1. The molecule has 1 aliphatic carbocycles. The van der Waals surface area contributed by atoms with Crippen molar-refractivity contribution >= 4 is 35.8 Å². The van der Waals surface area contributed by atoms with Crippen molar-refractivity contribution in [2.75, 3.05) is 42.7 Å². The number of carbonyl (C=O) groups is 6. The highest BCUT2D eigenvalue weighted by atomic mass is 16.5. The monoisotopic (exact) mass is 508 g/mol. The van der Waals surface area contributed by atoms with Gasteiger partial charge in [-0.25, -0.2) is 14.4 Å². The van der Waals surface area contributed by atoms with Gasteiger partial charge in [-0.1, -0.05) is 12.2 Å². The van der Waals surface area contributed by atoms with E-state index in [2.05, 4.69) is 28.4 Å². The molecule has 1 aromatic carbocycles. The second-order valence-electron chi connectivity index (χ2n) is 7.16. The van der Waals surface area contributed by atoms with Crippen molar-refractivity contribution < 1.29 is 57.2 Å². The van der Waals surface area contributed by atoms with Crippen LogP contribution < -0.4 is 0 Å². The lowest BCUT2D eigenvalue weighted by Gasteiger charge is -2.27. The van der Waals surface area contributed by atoms with E-state index in [9.17, 15) is 28.8 Å². The predicted octanol–water partition coefficient (Wildman–Crippen LogP) is 1.36. The Kier molecular flexibility index (Phi) is 11.8. The molecule has 12 nitrogen and oxygen atoms in total. The van der Waals surface area contributed by atoms with Crippen LogP contribution in [0.2, 0.25) is 0 Å². The zero-order chi connectivity index (χ0) is 27.4. The lowest BCUT2D eigenvalue weighted by molar-refractivity contribution is -0.158. The van der Waals surface area contributed by atoms with E-state index < -0.39 is 53.6 Å². The summed E-state index contributed by atoms with van der Waals surface area (Å²) in [6.45, 7) is 0. The number of esters is 6. The van der Waals surface area contributed by atoms with Gasteiger partial charge < -0.3 is 28.4 Å². The normalized spacial score (nSPS) is 17.9. The van der Waals surface area contributed by atoms with Gasteiger partial charge in [-0.15, -0.1) is 0 Å². The highest BCUT2D eigenvalue weighted by Crippen LogP contribution is 2.31. The minimum absolute atomic E-state index is 0.0250. The van der Waals surface area contributed by atoms with Crippen LogP contribution in [0.1, 0.15) is 37.5 Å². The Morgan fingerprint density at radius 2 is 1.14 bits per heavy atom. The molecule has 0 aliphatic heterocycles. The van der Waals surface area contributed by atoms with Gasteiger partial charge in [0, 0.05) is 0 Å². The van der Waals surface area contributed by atoms with Gasteiger partial charge in [-0.05, 0) is 24.6 Å². The van der Waals surface area contributed by atoms with E-state index in [1.807, 2.05) is 0 Å². The highest BCUT2D eigenvalue weighted by molar-refractivity contribution is 6.05. The Morgan fingerprint density at radius 1 is 0.611 bits per heavy atom. The average Bonchev–Trinajstić information content (AvgIpc) is 2.93. The molecule has 3 atom stereocenters. The molecule has 1 aliphatic rings. The summed E-state index contributed by atoms with van der Waals surface area (Å²) in [6, 6.07) is 3.90. The van der Waals surface area contributed by atoms with E-state index in [-0.39, 0.29) is 23.1 Å². The summed E-state index contributed by atoms with van der Waals surface area (Å²) in [4.78, 5) is 68.9. The second-order valence-corrected chi connectivity index (χ2v) is 7.16. The van der Waals surface area contributed by atoms with Crippen molar-refractivity contribution in [2.45, 2.75) is 6.42 Å². The first kappa shape index (κ1) is 29.8. The van der Waals surface area contributed by atoms with E-state index in [0.29, 0.717) is 0 Å². The Labute approximate surface area is 207 Å². The minimum Gasteiger partial charge on any atom is -0.469 e. The quantitative estimate of drug-likeness (QED) is 0.309. The van der Waals surface area contributed by atoms with Gasteiger partial charge in [0.1, 0.15) is 0 Å². The third-order valence-corrected chi connectivity index (χ3v) is 5.22. The van der Waals surface area contributed by atoms with Crippen molar-refractivity contribution in [2.24, 2.45) is 17.8 Å². The number of benzene rings is 1. The lowest BCUT2D eigenvalue weighted by atomic mass is 9.79. The first-order valence-corrected chi connectivity index (χ1v) is 10.4. The third-order valence-electron chi connectivity index (χ3n) is 5.22. The third kappa shape index (κ3) is 7.39.